The molecule has 0 bridgehead atoms. The number of ketones is 1. The minimum atomic E-state index is -2.29. The van der Waals surface area contributed by atoms with Crippen LogP contribution in [0.2, 0.25) is 0 Å². The predicted octanol–water partition coefficient (Wildman–Crippen LogP) is 0.249. The maximum Gasteiger partial charge on any atom is 0.202 e. The number of carbonyl (C=O) groups excluding carboxylic acids is 1. The lowest BCUT2D eigenvalue weighted by Gasteiger charge is -2.45. The van der Waals surface area contributed by atoms with Crippen LogP contribution in [-0.2, 0) is 9.53 Å². The van der Waals surface area contributed by atoms with Crippen molar-refractivity contribution in [2.75, 3.05) is 6.61 Å². The van der Waals surface area contributed by atoms with Gasteiger partial charge in [0, 0.05) is 6.42 Å². The van der Waals surface area contributed by atoms with E-state index < -0.39 is 43.2 Å². The van der Waals surface area contributed by atoms with Gasteiger partial charge in [-0.25, -0.2) is 0 Å². The fourth-order valence-electron chi connectivity index (χ4n) is 3.02. The van der Waals surface area contributed by atoms with Crippen LogP contribution in [-0.4, -0.2) is 68.1 Å². The number of hydrogen-bond donors (Lipinski definition) is 5. The molecule has 0 aliphatic carbocycles. The third-order valence-electron chi connectivity index (χ3n) is 4.56. The van der Waals surface area contributed by atoms with Crippen LogP contribution < -0.4 is 0 Å². The molecule has 5 atom stereocenters. The van der Waals surface area contributed by atoms with Crippen molar-refractivity contribution in [2.45, 2.75) is 94.9 Å². The van der Waals surface area contributed by atoms with Gasteiger partial charge in [0.05, 0.1) is 13.0 Å². The van der Waals surface area contributed by atoms with Crippen LogP contribution in [0.1, 0.15) is 64.7 Å². The van der Waals surface area contributed by atoms with Crippen LogP contribution >= 0.6 is 0 Å². The van der Waals surface area contributed by atoms with E-state index >= 15 is 0 Å². The second-order valence-electron chi connectivity index (χ2n) is 6.70. The SMILES string of the molecule is CCCCCCCCCC(=O)C[C@]1(O)O[C@H](CO)[C@H](O)[C@H](O)[C@H]1O. The Morgan fingerprint density at radius 3 is 2.17 bits per heavy atom. The van der Waals surface area contributed by atoms with Crippen molar-refractivity contribution in [1.82, 2.24) is 0 Å². The number of unbranched alkanes of at least 4 members (excludes halogenated alkanes) is 6. The van der Waals surface area contributed by atoms with E-state index in [1.165, 1.54) is 19.3 Å². The molecule has 0 aromatic carbocycles. The lowest BCUT2D eigenvalue weighted by Crippen LogP contribution is -2.65. The monoisotopic (exact) mass is 348 g/mol. The Morgan fingerprint density at radius 2 is 1.58 bits per heavy atom. The van der Waals surface area contributed by atoms with E-state index in [4.69, 9.17) is 9.84 Å². The molecule has 0 unspecified atom stereocenters. The smallest absolute Gasteiger partial charge is 0.202 e. The molecule has 0 spiro atoms. The third kappa shape index (κ3) is 6.06. The fraction of sp³-hybridized carbons (Fsp3) is 0.941. The molecule has 1 heterocycles. The summed E-state index contributed by atoms with van der Waals surface area (Å²) in [6.45, 7) is 1.52. The summed E-state index contributed by atoms with van der Waals surface area (Å²) in [6, 6.07) is 0. The molecule has 0 saturated carbocycles. The molecule has 1 saturated heterocycles. The molecule has 1 fully saturated rings. The van der Waals surface area contributed by atoms with Crippen molar-refractivity contribution in [3.05, 3.63) is 0 Å². The minimum Gasteiger partial charge on any atom is -0.394 e. The van der Waals surface area contributed by atoms with Gasteiger partial charge in [-0.1, -0.05) is 45.4 Å². The standard InChI is InChI=1S/C17H32O7/c1-2-3-4-5-6-7-8-9-12(19)10-17(23)16(22)15(21)14(20)13(11-18)24-17/h13-16,18,20-23H,2-11H2,1H3/t13-,14+,15+,16-,17+/m1/s1. The van der Waals surface area contributed by atoms with Gasteiger partial charge < -0.3 is 30.3 Å². The Labute approximate surface area is 143 Å². The summed E-state index contributed by atoms with van der Waals surface area (Å²) in [6.07, 6.45) is 0.958. The number of carbonyl (C=O) groups is 1. The first kappa shape index (κ1) is 21.5. The zero-order valence-corrected chi connectivity index (χ0v) is 14.4. The Bertz CT molecular complexity index is 374. The average Bonchev–Trinajstić information content (AvgIpc) is 2.55. The van der Waals surface area contributed by atoms with Crippen LogP contribution in [0, 0.1) is 0 Å². The van der Waals surface area contributed by atoms with E-state index in [2.05, 4.69) is 6.92 Å². The highest BCUT2D eigenvalue weighted by Gasteiger charge is 2.53. The summed E-state index contributed by atoms with van der Waals surface area (Å²) < 4.78 is 5.09. The van der Waals surface area contributed by atoms with E-state index in [0.717, 1.165) is 19.3 Å². The molecule has 24 heavy (non-hydrogen) atoms. The van der Waals surface area contributed by atoms with Gasteiger partial charge in [0.1, 0.15) is 30.2 Å². The normalized spacial score (nSPS) is 33.6. The van der Waals surface area contributed by atoms with E-state index in [9.17, 15) is 25.2 Å². The highest BCUT2D eigenvalue weighted by molar-refractivity contribution is 5.79. The maximum atomic E-state index is 12.0. The summed E-state index contributed by atoms with van der Waals surface area (Å²) in [7, 11) is 0. The lowest BCUT2D eigenvalue weighted by atomic mass is 9.89. The fourth-order valence-corrected chi connectivity index (χ4v) is 3.02. The second-order valence-corrected chi connectivity index (χ2v) is 6.70. The van der Waals surface area contributed by atoms with E-state index in [-0.39, 0.29) is 12.2 Å². The second kappa shape index (κ2) is 10.4. The quantitative estimate of drug-likeness (QED) is 0.339. The lowest BCUT2D eigenvalue weighted by molar-refractivity contribution is -0.347. The number of hydrogen-bond acceptors (Lipinski definition) is 7. The zero-order chi connectivity index (χ0) is 18.2. The van der Waals surface area contributed by atoms with Crippen molar-refractivity contribution < 1.29 is 35.1 Å². The van der Waals surface area contributed by atoms with E-state index in [1.807, 2.05) is 0 Å². The first-order chi connectivity index (χ1) is 11.4. The molecule has 0 aromatic heterocycles. The van der Waals surface area contributed by atoms with Crippen LogP contribution in [0.15, 0.2) is 0 Å². The van der Waals surface area contributed by atoms with E-state index in [1.54, 1.807) is 0 Å². The molecule has 7 heteroatoms. The Morgan fingerprint density at radius 1 is 1.00 bits per heavy atom. The van der Waals surface area contributed by atoms with Crippen molar-refractivity contribution in [3.63, 3.8) is 0 Å². The summed E-state index contributed by atoms with van der Waals surface area (Å²) in [4.78, 5) is 12.0. The van der Waals surface area contributed by atoms with Crippen LogP contribution in [0.5, 0.6) is 0 Å². The Kier molecular flexibility index (Phi) is 9.33. The molecule has 1 aliphatic heterocycles. The third-order valence-corrected chi connectivity index (χ3v) is 4.56. The number of aliphatic hydroxyl groups excluding tert-OH is 4. The van der Waals surface area contributed by atoms with Gasteiger partial charge in [0.25, 0.3) is 0 Å². The Hall–Kier alpha value is -0.570. The number of Topliss-reactive ketones (excluding diaryl/α,β-unsaturated/α-hetero) is 1. The van der Waals surface area contributed by atoms with Crippen LogP contribution in [0.4, 0.5) is 0 Å². The molecule has 0 amide bonds. The maximum absolute atomic E-state index is 12.0. The van der Waals surface area contributed by atoms with Crippen LogP contribution in [0.25, 0.3) is 0 Å². The van der Waals surface area contributed by atoms with Gasteiger partial charge in [-0.3, -0.25) is 4.79 Å². The molecule has 1 rings (SSSR count). The van der Waals surface area contributed by atoms with Crippen molar-refractivity contribution in [1.29, 1.82) is 0 Å². The highest BCUT2D eigenvalue weighted by atomic mass is 16.7. The topological polar surface area (TPSA) is 127 Å². The van der Waals surface area contributed by atoms with Crippen molar-refractivity contribution >= 4 is 5.78 Å². The number of ether oxygens (including phenoxy) is 1. The van der Waals surface area contributed by atoms with E-state index in [0.29, 0.717) is 6.42 Å². The molecule has 1 aliphatic rings. The number of rotatable bonds is 11. The molecule has 7 nitrogen and oxygen atoms in total. The van der Waals surface area contributed by atoms with Gasteiger partial charge in [-0.05, 0) is 6.42 Å². The zero-order valence-electron chi connectivity index (χ0n) is 14.4. The molecule has 0 aromatic rings. The van der Waals surface area contributed by atoms with Gasteiger partial charge in [-0.2, -0.15) is 0 Å². The first-order valence-electron chi connectivity index (χ1n) is 8.92. The summed E-state index contributed by atoms with van der Waals surface area (Å²) in [5.74, 6) is -2.57. The molecule has 5 N–H and O–H groups in total. The molecular formula is C17H32O7. The Balaban J connectivity index is 2.38. The van der Waals surface area contributed by atoms with Gasteiger partial charge in [0.15, 0.2) is 0 Å². The van der Waals surface area contributed by atoms with Crippen molar-refractivity contribution in [3.8, 4) is 0 Å². The molecule has 142 valence electrons. The molecular weight excluding hydrogens is 316 g/mol. The first-order valence-corrected chi connectivity index (χ1v) is 8.92. The van der Waals surface area contributed by atoms with Gasteiger partial charge in [-0.15, -0.1) is 0 Å². The molecule has 0 radical (unpaired) electrons. The summed E-state index contributed by atoms with van der Waals surface area (Å²) >= 11 is 0. The minimum absolute atomic E-state index is 0.259. The average molecular weight is 348 g/mol. The predicted molar refractivity (Wildman–Crippen MR) is 87.2 cm³/mol. The van der Waals surface area contributed by atoms with Gasteiger partial charge >= 0.3 is 0 Å². The highest BCUT2D eigenvalue weighted by Crippen LogP contribution is 2.31. The largest absolute Gasteiger partial charge is 0.394 e. The number of aliphatic hydroxyl groups is 5. The van der Waals surface area contributed by atoms with Gasteiger partial charge in [0.2, 0.25) is 5.79 Å². The van der Waals surface area contributed by atoms with Crippen LogP contribution in [0.3, 0.4) is 0 Å². The summed E-state index contributed by atoms with van der Waals surface area (Å²) in [5, 5.41) is 48.7. The van der Waals surface area contributed by atoms with Crippen molar-refractivity contribution in [2.24, 2.45) is 0 Å². The summed E-state index contributed by atoms with van der Waals surface area (Å²) in [5.41, 5.74) is 0.